The van der Waals surface area contributed by atoms with E-state index >= 15 is 0 Å². The molecule has 41 heavy (non-hydrogen) atoms. The molecule has 0 saturated heterocycles. The van der Waals surface area contributed by atoms with Crippen LogP contribution in [0.1, 0.15) is 35.2 Å². The topological polar surface area (TPSA) is 103 Å². The number of nitrogens with zero attached hydrogens (tertiary/aromatic N) is 3. The number of methoxy groups -OCH3 is 2. The van der Waals surface area contributed by atoms with Crippen molar-refractivity contribution >= 4 is 35.0 Å². The van der Waals surface area contributed by atoms with Crippen molar-refractivity contribution in [2.45, 2.75) is 19.6 Å². The van der Waals surface area contributed by atoms with Crippen molar-refractivity contribution < 1.29 is 19.0 Å². The molecule has 5 rings (SSSR count). The summed E-state index contributed by atoms with van der Waals surface area (Å²) in [5, 5.41) is 9.45. The molecule has 3 aromatic carbocycles. The highest BCUT2D eigenvalue weighted by molar-refractivity contribution is 7.07. The molecule has 8 nitrogen and oxygen atoms in total. The lowest BCUT2D eigenvalue weighted by molar-refractivity contribution is -0.136. The third-order valence-corrected chi connectivity index (χ3v) is 7.81. The highest BCUT2D eigenvalue weighted by Gasteiger charge is 2.35. The molecule has 0 N–H and O–H groups in total. The van der Waals surface area contributed by atoms with Crippen LogP contribution in [-0.2, 0) is 16.1 Å². The van der Waals surface area contributed by atoms with E-state index in [9.17, 15) is 9.59 Å². The van der Waals surface area contributed by atoms with Crippen molar-refractivity contribution in [3.05, 3.63) is 125 Å². The molecular formula is C31H24ClN3O5S. The molecular weight excluding hydrogens is 562 g/mol. The largest absolute Gasteiger partial charge is 0.496 e. The smallest absolute Gasteiger partial charge is 0.338 e. The second kappa shape index (κ2) is 11.8. The van der Waals surface area contributed by atoms with Gasteiger partial charge < -0.3 is 14.2 Å². The number of halogens is 1. The standard InChI is InChI=1S/C31H24ClN3O5S/c1-18-27(30(37)39-3)28(23-15-22(32)12-13-25(23)38-2)35-29(36)26(41-31(35)34-18)14-21-6-4-5-7-24(21)40-17-20-10-8-19(16-33)9-11-20/h4-15,28H,17H2,1-3H3/b26-14-/t28-/m1/s1. The van der Waals surface area contributed by atoms with Crippen molar-refractivity contribution in [1.29, 1.82) is 5.26 Å². The van der Waals surface area contributed by atoms with E-state index < -0.39 is 12.0 Å². The molecule has 206 valence electrons. The van der Waals surface area contributed by atoms with Crippen molar-refractivity contribution in [3.63, 3.8) is 0 Å². The van der Waals surface area contributed by atoms with Gasteiger partial charge in [0.05, 0.1) is 41.7 Å². The lowest BCUT2D eigenvalue weighted by Gasteiger charge is -2.25. The summed E-state index contributed by atoms with van der Waals surface area (Å²) >= 11 is 7.55. The number of thiazole rings is 1. The Morgan fingerprint density at radius 2 is 1.88 bits per heavy atom. The molecule has 1 aliphatic heterocycles. The van der Waals surface area contributed by atoms with Crippen LogP contribution >= 0.6 is 22.9 Å². The summed E-state index contributed by atoms with van der Waals surface area (Å²) < 4.78 is 18.6. The van der Waals surface area contributed by atoms with Gasteiger partial charge in [-0.15, -0.1) is 0 Å². The van der Waals surface area contributed by atoms with Gasteiger partial charge in [-0.2, -0.15) is 5.26 Å². The highest BCUT2D eigenvalue weighted by Crippen LogP contribution is 2.37. The first kappa shape index (κ1) is 27.9. The van der Waals surface area contributed by atoms with Crippen molar-refractivity contribution in [2.24, 2.45) is 4.99 Å². The van der Waals surface area contributed by atoms with E-state index in [1.54, 1.807) is 43.3 Å². The summed E-state index contributed by atoms with van der Waals surface area (Å²) in [7, 11) is 2.80. The van der Waals surface area contributed by atoms with Gasteiger partial charge in [-0.25, -0.2) is 9.79 Å². The average molecular weight is 586 g/mol. The zero-order chi connectivity index (χ0) is 29.1. The van der Waals surface area contributed by atoms with Gasteiger partial charge in [0.15, 0.2) is 4.80 Å². The van der Waals surface area contributed by atoms with Crippen LogP contribution in [0.2, 0.25) is 5.02 Å². The van der Waals surface area contributed by atoms with Gasteiger partial charge in [0.25, 0.3) is 5.56 Å². The van der Waals surface area contributed by atoms with Crippen LogP contribution in [0.15, 0.2) is 87.8 Å². The Morgan fingerprint density at radius 3 is 2.59 bits per heavy atom. The Kier molecular flexibility index (Phi) is 8.06. The molecule has 2 heterocycles. The zero-order valence-electron chi connectivity index (χ0n) is 22.4. The molecule has 0 radical (unpaired) electrons. The Morgan fingerprint density at radius 1 is 1.12 bits per heavy atom. The predicted octanol–water partition coefficient (Wildman–Crippen LogP) is 4.52. The number of benzene rings is 3. The Labute approximate surface area is 244 Å². The summed E-state index contributed by atoms with van der Waals surface area (Å²) in [5.74, 6) is 0.447. The minimum Gasteiger partial charge on any atom is -0.496 e. The number of carbonyl (C=O) groups is 1. The van der Waals surface area contributed by atoms with E-state index in [1.165, 1.54) is 30.1 Å². The number of hydrogen-bond donors (Lipinski definition) is 0. The Balaban J connectivity index is 1.61. The lowest BCUT2D eigenvalue weighted by atomic mass is 9.95. The first-order valence-corrected chi connectivity index (χ1v) is 13.7. The van der Waals surface area contributed by atoms with Crippen molar-refractivity contribution in [1.82, 2.24) is 4.57 Å². The fourth-order valence-electron chi connectivity index (χ4n) is 4.61. The lowest BCUT2D eigenvalue weighted by Crippen LogP contribution is -2.40. The van der Waals surface area contributed by atoms with Gasteiger partial charge in [0.1, 0.15) is 24.1 Å². The van der Waals surface area contributed by atoms with Crippen LogP contribution in [0.5, 0.6) is 11.5 Å². The molecule has 10 heteroatoms. The van der Waals surface area contributed by atoms with Gasteiger partial charge in [-0.3, -0.25) is 9.36 Å². The summed E-state index contributed by atoms with van der Waals surface area (Å²) in [6.07, 6.45) is 1.75. The van der Waals surface area contributed by atoms with E-state index in [4.69, 9.17) is 31.1 Å². The van der Waals surface area contributed by atoms with Gasteiger partial charge in [0, 0.05) is 16.1 Å². The second-order valence-corrected chi connectivity index (χ2v) is 10.5. The maximum absolute atomic E-state index is 14.0. The van der Waals surface area contributed by atoms with Crippen LogP contribution in [0.3, 0.4) is 0 Å². The van der Waals surface area contributed by atoms with Gasteiger partial charge >= 0.3 is 5.97 Å². The number of esters is 1. The first-order valence-electron chi connectivity index (χ1n) is 12.5. The van der Waals surface area contributed by atoms with Crippen LogP contribution in [0, 0.1) is 11.3 Å². The molecule has 0 unspecified atom stereocenters. The number of para-hydroxylation sites is 1. The van der Waals surface area contributed by atoms with Crippen LogP contribution < -0.4 is 24.4 Å². The fraction of sp³-hybridized carbons (Fsp3) is 0.161. The van der Waals surface area contributed by atoms with Gasteiger partial charge in [0.2, 0.25) is 0 Å². The molecule has 0 bridgehead atoms. The summed E-state index contributed by atoms with van der Waals surface area (Å²) in [6, 6.07) is 20.8. The zero-order valence-corrected chi connectivity index (χ0v) is 24.0. The van der Waals surface area contributed by atoms with E-state index in [1.807, 2.05) is 36.4 Å². The van der Waals surface area contributed by atoms with Gasteiger partial charge in [-0.1, -0.05) is 53.3 Å². The summed E-state index contributed by atoms with van der Waals surface area (Å²) in [4.78, 5) is 32.0. The maximum atomic E-state index is 14.0. The van der Waals surface area contributed by atoms with E-state index in [0.29, 0.717) is 48.2 Å². The van der Waals surface area contributed by atoms with E-state index in [0.717, 1.165) is 5.56 Å². The Hall–Kier alpha value is -4.65. The number of ether oxygens (including phenoxy) is 3. The number of aromatic nitrogens is 1. The number of carbonyl (C=O) groups excluding carboxylic acids is 1. The highest BCUT2D eigenvalue weighted by atomic mass is 35.5. The number of hydrogen-bond acceptors (Lipinski definition) is 8. The molecule has 0 fully saturated rings. The Bertz CT molecular complexity index is 1900. The number of nitriles is 1. The average Bonchev–Trinajstić information content (AvgIpc) is 3.29. The van der Waals surface area contributed by atoms with Crippen molar-refractivity contribution in [3.8, 4) is 17.6 Å². The van der Waals surface area contributed by atoms with Crippen molar-refractivity contribution in [2.75, 3.05) is 14.2 Å². The minimum absolute atomic E-state index is 0.221. The number of allylic oxidation sites excluding steroid dienone is 1. The molecule has 0 saturated carbocycles. The number of fused-ring (bicyclic) bond motifs is 1. The second-order valence-electron chi connectivity index (χ2n) is 9.09. The van der Waals surface area contributed by atoms with Crippen LogP contribution in [0.25, 0.3) is 6.08 Å². The SMILES string of the molecule is COC(=O)C1=C(C)N=c2s/c(=C\c3ccccc3OCc3ccc(C#N)cc3)c(=O)n2[C@@H]1c1cc(Cl)ccc1OC. The molecule has 0 amide bonds. The first-order chi connectivity index (χ1) is 19.8. The molecule has 0 spiro atoms. The quantitative estimate of drug-likeness (QED) is 0.296. The third-order valence-electron chi connectivity index (χ3n) is 6.60. The van der Waals surface area contributed by atoms with Crippen LogP contribution in [0.4, 0.5) is 0 Å². The monoisotopic (exact) mass is 585 g/mol. The summed E-state index contributed by atoms with van der Waals surface area (Å²) in [6.45, 7) is 1.99. The molecule has 1 atom stereocenters. The molecule has 1 aromatic heterocycles. The third kappa shape index (κ3) is 5.53. The normalized spacial score (nSPS) is 14.6. The van der Waals surface area contributed by atoms with Gasteiger partial charge in [-0.05, 0) is 55.0 Å². The summed E-state index contributed by atoms with van der Waals surface area (Å²) in [5.41, 5.74) is 3.03. The maximum Gasteiger partial charge on any atom is 0.338 e. The molecule has 0 aliphatic carbocycles. The van der Waals surface area contributed by atoms with Crippen LogP contribution in [-0.4, -0.2) is 24.8 Å². The number of rotatable bonds is 7. The molecule has 1 aliphatic rings. The fourth-order valence-corrected chi connectivity index (χ4v) is 5.83. The van der Waals surface area contributed by atoms with E-state index in [2.05, 4.69) is 11.1 Å². The minimum atomic E-state index is -0.864. The molecule has 4 aromatic rings. The predicted molar refractivity (Wildman–Crippen MR) is 156 cm³/mol. The van der Waals surface area contributed by atoms with E-state index in [-0.39, 0.29) is 17.7 Å².